The number of H-pyrrole nitrogens is 1. The molecule has 3 aromatic carbocycles. The number of fused-ring (bicyclic) bond motifs is 2. The highest BCUT2D eigenvalue weighted by Crippen LogP contribution is 2.43. The van der Waals surface area contributed by atoms with Crippen LogP contribution >= 0.6 is 11.6 Å². The van der Waals surface area contributed by atoms with Crippen molar-refractivity contribution in [3.8, 4) is 0 Å². The van der Waals surface area contributed by atoms with E-state index in [1.165, 1.54) is 11.6 Å². The van der Waals surface area contributed by atoms with Gasteiger partial charge in [0.25, 0.3) is 5.69 Å². The Morgan fingerprint density at radius 3 is 2.24 bits per heavy atom. The summed E-state index contributed by atoms with van der Waals surface area (Å²) in [4.78, 5) is 14.5. The molecule has 0 bridgehead atoms. The number of non-ortho nitro benzene ring substituents is 1. The van der Waals surface area contributed by atoms with E-state index in [9.17, 15) is 10.1 Å². The van der Waals surface area contributed by atoms with E-state index in [0.717, 1.165) is 44.3 Å². The first-order valence-electron chi connectivity index (χ1n) is 12.4. The molecule has 0 amide bonds. The van der Waals surface area contributed by atoms with Crippen molar-refractivity contribution >= 4 is 39.2 Å². The van der Waals surface area contributed by atoms with Gasteiger partial charge in [0.2, 0.25) is 0 Å². The third kappa shape index (κ3) is 4.64. The minimum absolute atomic E-state index is 0.0169. The van der Waals surface area contributed by atoms with E-state index in [0.29, 0.717) is 5.02 Å². The zero-order valence-corrected chi connectivity index (χ0v) is 22.7. The van der Waals surface area contributed by atoms with Gasteiger partial charge in [-0.1, -0.05) is 71.3 Å². The molecular formula is C31H31ClN2O3. The summed E-state index contributed by atoms with van der Waals surface area (Å²) in [6.45, 7) is 13.3. The summed E-state index contributed by atoms with van der Waals surface area (Å²) < 4.78 is 6.71. The van der Waals surface area contributed by atoms with Gasteiger partial charge in [0.15, 0.2) is 0 Å². The second kappa shape index (κ2) is 8.77. The minimum Gasteiger partial charge on any atom is -0.460 e. The number of hydrogen-bond acceptors (Lipinski definition) is 3. The lowest BCUT2D eigenvalue weighted by molar-refractivity contribution is -0.384. The van der Waals surface area contributed by atoms with Crippen molar-refractivity contribution in [2.24, 2.45) is 0 Å². The number of halogens is 1. The molecule has 37 heavy (non-hydrogen) atoms. The first-order chi connectivity index (χ1) is 17.3. The zero-order valence-electron chi connectivity index (χ0n) is 22.0. The van der Waals surface area contributed by atoms with Gasteiger partial charge in [0.05, 0.1) is 10.8 Å². The Morgan fingerprint density at radius 2 is 1.62 bits per heavy atom. The lowest BCUT2D eigenvalue weighted by Gasteiger charge is -2.25. The monoisotopic (exact) mass is 514 g/mol. The van der Waals surface area contributed by atoms with Crippen LogP contribution in [0.15, 0.2) is 71.3 Å². The molecule has 5 nitrogen and oxygen atoms in total. The molecule has 0 aliphatic rings. The van der Waals surface area contributed by atoms with Crippen LogP contribution in [0, 0.1) is 10.1 Å². The first kappa shape index (κ1) is 25.1. The summed E-state index contributed by atoms with van der Waals surface area (Å²) in [6.07, 6.45) is 1.92. The van der Waals surface area contributed by atoms with Crippen molar-refractivity contribution in [2.45, 2.75) is 58.3 Å². The molecule has 6 heteroatoms. The second-order valence-electron chi connectivity index (χ2n) is 11.8. The molecular weight excluding hydrogens is 484 g/mol. The van der Waals surface area contributed by atoms with Crippen LogP contribution in [0.25, 0.3) is 21.9 Å². The van der Waals surface area contributed by atoms with E-state index in [2.05, 4.69) is 64.7 Å². The third-order valence-corrected chi connectivity index (χ3v) is 7.27. The minimum atomic E-state index is -0.363. The Morgan fingerprint density at radius 1 is 0.919 bits per heavy atom. The Balaban J connectivity index is 1.80. The Bertz CT molecular complexity index is 1630. The lowest BCUT2D eigenvalue weighted by atomic mass is 9.79. The van der Waals surface area contributed by atoms with Crippen LogP contribution in [0.1, 0.15) is 75.5 Å². The lowest BCUT2D eigenvalue weighted by Crippen LogP contribution is -2.16. The average molecular weight is 515 g/mol. The first-order valence-corrected chi connectivity index (χ1v) is 12.8. The van der Waals surface area contributed by atoms with Gasteiger partial charge in [-0.2, -0.15) is 0 Å². The molecule has 2 heterocycles. The molecule has 1 N–H and O–H groups in total. The van der Waals surface area contributed by atoms with Crippen LogP contribution in [-0.4, -0.2) is 9.91 Å². The van der Waals surface area contributed by atoms with Gasteiger partial charge in [0.1, 0.15) is 11.3 Å². The summed E-state index contributed by atoms with van der Waals surface area (Å²) >= 11 is 6.23. The van der Waals surface area contributed by atoms with Gasteiger partial charge >= 0.3 is 0 Å². The van der Waals surface area contributed by atoms with E-state index in [1.54, 1.807) is 12.1 Å². The van der Waals surface area contributed by atoms with Gasteiger partial charge < -0.3 is 9.40 Å². The number of nitro benzene ring substituents is 1. The van der Waals surface area contributed by atoms with Gasteiger partial charge in [-0.05, 0) is 57.9 Å². The fourth-order valence-corrected chi connectivity index (χ4v) is 5.07. The molecule has 0 radical (unpaired) electrons. The zero-order chi connectivity index (χ0) is 26.7. The van der Waals surface area contributed by atoms with E-state index < -0.39 is 0 Å². The quantitative estimate of drug-likeness (QED) is 0.192. The number of nitrogens with zero attached hydrogens (tertiary/aromatic N) is 1. The Kier molecular flexibility index (Phi) is 5.95. The number of aromatic amines is 1. The molecule has 0 saturated heterocycles. The topological polar surface area (TPSA) is 72.1 Å². The smallest absolute Gasteiger partial charge is 0.270 e. The summed E-state index contributed by atoms with van der Waals surface area (Å²) in [5.74, 6) is 0.493. The summed E-state index contributed by atoms with van der Waals surface area (Å²) in [5, 5.41) is 14.0. The maximum atomic E-state index is 11.5. The molecule has 1 atom stereocenters. The molecule has 0 fully saturated rings. The number of rotatable bonds is 4. The number of nitrogens with one attached hydrogen (secondary N) is 1. The summed E-state index contributed by atoms with van der Waals surface area (Å²) in [7, 11) is 0. The highest BCUT2D eigenvalue weighted by molar-refractivity contribution is 6.30. The fourth-order valence-electron chi connectivity index (χ4n) is 4.94. The molecule has 1 unspecified atom stereocenters. The van der Waals surface area contributed by atoms with E-state index >= 15 is 0 Å². The molecule has 5 rings (SSSR count). The molecule has 0 spiro atoms. The van der Waals surface area contributed by atoms with E-state index in [4.69, 9.17) is 16.0 Å². The SMILES string of the molecule is CC(C)(C)c1cc(C(C)(C)C)c2oc(C(c3ccc(Cl)cc3)c3c[nH]c4ccc([N+](=O)[O-])cc34)cc2c1. The average Bonchev–Trinajstić information content (AvgIpc) is 3.42. The van der Waals surface area contributed by atoms with Crippen LogP contribution in [-0.2, 0) is 10.8 Å². The third-order valence-electron chi connectivity index (χ3n) is 7.02. The maximum Gasteiger partial charge on any atom is 0.270 e. The Hall–Kier alpha value is -3.57. The predicted octanol–water partition coefficient (Wildman–Crippen LogP) is 9.25. The maximum absolute atomic E-state index is 11.5. The predicted molar refractivity (Wildman–Crippen MR) is 151 cm³/mol. The Labute approximate surface area is 221 Å². The van der Waals surface area contributed by atoms with Crippen molar-refractivity contribution < 1.29 is 9.34 Å². The van der Waals surface area contributed by atoms with Crippen molar-refractivity contribution in [3.05, 3.63) is 110 Å². The molecule has 2 aromatic heterocycles. The molecule has 190 valence electrons. The number of furan rings is 1. The largest absolute Gasteiger partial charge is 0.460 e. The number of aromatic nitrogens is 1. The number of nitro groups is 1. The van der Waals surface area contributed by atoms with E-state index in [-0.39, 0.29) is 27.4 Å². The van der Waals surface area contributed by atoms with Crippen LogP contribution in [0.3, 0.4) is 0 Å². The van der Waals surface area contributed by atoms with Crippen molar-refractivity contribution in [1.29, 1.82) is 0 Å². The van der Waals surface area contributed by atoms with Crippen molar-refractivity contribution in [3.63, 3.8) is 0 Å². The van der Waals surface area contributed by atoms with E-state index in [1.807, 2.05) is 30.5 Å². The second-order valence-corrected chi connectivity index (χ2v) is 12.2. The van der Waals surface area contributed by atoms with Gasteiger partial charge in [-0.15, -0.1) is 0 Å². The summed E-state index contributed by atoms with van der Waals surface area (Å²) in [6, 6.07) is 19.2. The van der Waals surface area contributed by atoms with Crippen LogP contribution < -0.4 is 0 Å². The molecule has 5 aromatic rings. The van der Waals surface area contributed by atoms with Gasteiger partial charge in [0, 0.05) is 45.2 Å². The normalized spacial score (nSPS) is 13.4. The van der Waals surface area contributed by atoms with Gasteiger partial charge in [-0.3, -0.25) is 10.1 Å². The highest BCUT2D eigenvalue weighted by Gasteiger charge is 2.29. The van der Waals surface area contributed by atoms with Crippen molar-refractivity contribution in [2.75, 3.05) is 0 Å². The molecule has 0 aliphatic heterocycles. The standard InChI is InChI=1S/C31H31ClN2O3/c1-30(2,3)20-13-19-14-27(37-29(19)25(15-20)31(4,5)6)28(18-7-9-21(32)10-8-18)24-17-33-26-12-11-22(34(35)36)16-23(24)26/h7-17,28,33H,1-6H3. The van der Waals surface area contributed by atoms with Crippen molar-refractivity contribution in [1.82, 2.24) is 4.98 Å². The van der Waals surface area contributed by atoms with Gasteiger partial charge in [-0.25, -0.2) is 0 Å². The molecule has 0 saturated carbocycles. The van der Waals surface area contributed by atoms with Crippen LogP contribution in [0.5, 0.6) is 0 Å². The fraction of sp³-hybridized carbons (Fsp3) is 0.290. The van der Waals surface area contributed by atoms with Crippen LogP contribution in [0.4, 0.5) is 5.69 Å². The number of hydrogen-bond donors (Lipinski definition) is 1. The summed E-state index contributed by atoms with van der Waals surface area (Å²) in [5.41, 5.74) is 5.94. The van der Waals surface area contributed by atoms with Crippen LogP contribution in [0.2, 0.25) is 5.02 Å². The number of benzene rings is 3. The highest BCUT2D eigenvalue weighted by atomic mass is 35.5. The molecule has 0 aliphatic carbocycles.